The highest BCUT2D eigenvalue weighted by Crippen LogP contribution is 2.37. The first-order chi connectivity index (χ1) is 7.88. The van der Waals surface area contributed by atoms with Crippen LogP contribution in [0.3, 0.4) is 0 Å². The minimum atomic E-state index is -0.468. The maximum atomic E-state index is 12.2. The Labute approximate surface area is 102 Å². The summed E-state index contributed by atoms with van der Waals surface area (Å²) in [5.41, 5.74) is 5.01. The predicted octanol–water partition coefficient (Wildman–Crippen LogP) is 1.11. The number of hydrogen-bond acceptors (Lipinski definition) is 4. The van der Waals surface area contributed by atoms with E-state index in [9.17, 15) is 4.79 Å². The van der Waals surface area contributed by atoms with E-state index in [-0.39, 0.29) is 17.7 Å². The first-order valence-corrected chi connectivity index (χ1v) is 6.18. The largest absolute Gasteiger partial charge is 0.444 e. The molecule has 5 heteroatoms. The van der Waals surface area contributed by atoms with Gasteiger partial charge in [-0.05, 0) is 33.6 Å². The van der Waals surface area contributed by atoms with E-state index in [1.54, 1.807) is 0 Å². The van der Waals surface area contributed by atoms with Crippen LogP contribution in [0.5, 0.6) is 0 Å². The lowest BCUT2D eigenvalue weighted by molar-refractivity contribution is -0.134. The third-order valence-corrected chi connectivity index (χ3v) is 3.13. The lowest BCUT2D eigenvalue weighted by atomic mass is 9.95. The van der Waals surface area contributed by atoms with Gasteiger partial charge in [-0.1, -0.05) is 0 Å². The Morgan fingerprint density at radius 2 is 2.06 bits per heavy atom. The fraction of sp³-hybridized carbons (Fsp3) is 0.917. The standard InChI is InChI=1S/C12H22N2O3/c1-11(2,3)17-10(15)14(9-4-5-9)12(6-13)7-16-8-12/h9H,4-8,13H2,1-3H3. The van der Waals surface area contributed by atoms with Crippen molar-refractivity contribution < 1.29 is 14.3 Å². The summed E-state index contributed by atoms with van der Waals surface area (Å²) in [7, 11) is 0. The van der Waals surface area contributed by atoms with Crippen molar-refractivity contribution in [1.82, 2.24) is 4.90 Å². The molecule has 1 saturated heterocycles. The topological polar surface area (TPSA) is 64.8 Å². The number of hydrogen-bond donors (Lipinski definition) is 1. The van der Waals surface area contributed by atoms with Crippen LogP contribution in [0.15, 0.2) is 0 Å². The molecule has 0 aromatic carbocycles. The molecule has 0 unspecified atom stereocenters. The maximum absolute atomic E-state index is 12.2. The molecule has 2 rings (SSSR count). The lowest BCUT2D eigenvalue weighted by Gasteiger charge is -2.49. The monoisotopic (exact) mass is 242 g/mol. The third-order valence-electron chi connectivity index (χ3n) is 3.13. The number of nitrogens with zero attached hydrogens (tertiary/aromatic N) is 1. The minimum Gasteiger partial charge on any atom is -0.444 e. The number of rotatable bonds is 3. The van der Waals surface area contributed by atoms with E-state index in [0.717, 1.165) is 12.8 Å². The van der Waals surface area contributed by atoms with Gasteiger partial charge in [-0.2, -0.15) is 0 Å². The van der Waals surface area contributed by atoms with E-state index in [2.05, 4.69) is 0 Å². The molecule has 0 aromatic rings. The van der Waals surface area contributed by atoms with Crippen LogP contribution in [0.25, 0.3) is 0 Å². The Kier molecular flexibility index (Phi) is 3.08. The van der Waals surface area contributed by atoms with E-state index >= 15 is 0 Å². The Morgan fingerprint density at radius 1 is 1.47 bits per heavy atom. The molecular weight excluding hydrogens is 220 g/mol. The summed E-state index contributed by atoms with van der Waals surface area (Å²) in [6.45, 7) is 7.12. The SMILES string of the molecule is CC(C)(C)OC(=O)N(C1CC1)C1(CN)COC1. The smallest absolute Gasteiger partial charge is 0.411 e. The summed E-state index contributed by atoms with van der Waals surface area (Å²) in [5.74, 6) is 0. The zero-order valence-corrected chi connectivity index (χ0v) is 10.9. The average Bonchev–Trinajstić information content (AvgIpc) is 2.90. The second-order valence-corrected chi connectivity index (χ2v) is 6.00. The van der Waals surface area contributed by atoms with Crippen molar-refractivity contribution in [3.63, 3.8) is 0 Å². The second kappa shape index (κ2) is 4.14. The van der Waals surface area contributed by atoms with E-state index < -0.39 is 5.60 Å². The van der Waals surface area contributed by atoms with Crippen molar-refractivity contribution in [2.75, 3.05) is 19.8 Å². The van der Waals surface area contributed by atoms with Gasteiger partial charge in [0.25, 0.3) is 0 Å². The first kappa shape index (κ1) is 12.6. The van der Waals surface area contributed by atoms with Gasteiger partial charge in [0.05, 0.1) is 13.2 Å². The number of amides is 1. The van der Waals surface area contributed by atoms with Gasteiger partial charge in [0, 0.05) is 12.6 Å². The van der Waals surface area contributed by atoms with Crippen LogP contribution in [-0.4, -0.2) is 47.9 Å². The molecule has 0 spiro atoms. The zero-order valence-electron chi connectivity index (χ0n) is 10.9. The summed E-state index contributed by atoms with van der Waals surface area (Å²) in [5, 5.41) is 0. The summed E-state index contributed by atoms with van der Waals surface area (Å²) < 4.78 is 10.7. The fourth-order valence-electron chi connectivity index (χ4n) is 2.07. The molecule has 1 saturated carbocycles. The quantitative estimate of drug-likeness (QED) is 0.805. The average molecular weight is 242 g/mol. The van der Waals surface area contributed by atoms with Gasteiger partial charge in [-0.25, -0.2) is 4.79 Å². The molecule has 2 aliphatic rings. The highest BCUT2D eigenvalue weighted by molar-refractivity contribution is 5.70. The number of carbonyl (C=O) groups excluding carboxylic acids is 1. The van der Waals surface area contributed by atoms with Gasteiger partial charge >= 0.3 is 6.09 Å². The molecule has 5 nitrogen and oxygen atoms in total. The summed E-state index contributed by atoms with van der Waals surface area (Å²) in [4.78, 5) is 14.1. The molecule has 2 N–H and O–H groups in total. The number of ether oxygens (including phenoxy) is 2. The molecule has 0 radical (unpaired) electrons. The van der Waals surface area contributed by atoms with Gasteiger partial charge in [0.1, 0.15) is 11.1 Å². The Balaban J connectivity index is 2.09. The molecule has 2 fully saturated rings. The minimum absolute atomic E-state index is 0.256. The highest BCUT2D eigenvalue weighted by atomic mass is 16.6. The van der Waals surface area contributed by atoms with Gasteiger partial charge in [-0.15, -0.1) is 0 Å². The normalized spacial score (nSPS) is 22.8. The van der Waals surface area contributed by atoms with Crippen molar-refractivity contribution in [2.45, 2.75) is 50.8 Å². The van der Waals surface area contributed by atoms with E-state index in [1.807, 2.05) is 25.7 Å². The van der Waals surface area contributed by atoms with Crippen molar-refractivity contribution >= 4 is 6.09 Å². The van der Waals surface area contributed by atoms with Crippen molar-refractivity contribution in [3.05, 3.63) is 0 Å². The van der Waals surface area contributed by atoms with Gasteiger partial charge in [-0.3, -0.25) is 4.90 Å². The van der Waals surface area contributed by atoms with Crippen LogP contribution in [0.4, 0.5) is 4.79 Å². The number of nitrogens with two attached hydrogens (primary N) is 1. The van der Waals surface area contributed by atoms with Crippen LogP contribution in [0.1, 0.15) is 33.6 Å². The molecule has 0 aromatic heterocycles. The highest BCUT2D eigenvalue weighted by Gasteiger charge is 2.52. The zero-order chi connectivity index (χ0) is 12.7. The molecular formula is C12H22N2O3. The molecule has 1 heterocycles. The Hall–Kier alpha value is -0.810. The van der Waals surface area contributed by atoms with E-state index in [0.29, 0.717) is 19.8 Å². The van der Waals surface area contributed by atoms with Crippen molar-refractivity contribution in [3.8, 4) is 0 Å². The Morgan fingerprint density at radius 3 is 2.35 bits per heavy atom. The predicted molar refractivity (Wildman–Crippen MR) is 63.7 cm³/mol. The molecule has 1 aliphatic carbocycles. The van der Waals surface area contributed by atoms with Crippen LogP contribution >= 0.6 is 0 Å². The molecule has 17 heavy (non-hydrogen) atoms. The number of carbonyl (C=O) groups is 1. The maximum Gasteiger partial charge on any atom is 0.411 e. The van der Waals surface area contributed by atoms with Crippen LogP contribution in [-0.2, 0) is 9.47 Å². The van der Waals surface area contributed by atoms with Gasteiger partial charge in [0.2, 0.25) is 0 Å². The first-order valence-electron chi connectivity index (χ1n) is 6.18. The fourth-order valence-corrected chi connectivity index (χ4v) is 2.07. The summed E-state index contributed by atoms with van der Waals surface area (Å²) in [6, 6.07) is 0.289. The second-order valence-electron chi connectivity index (χ2n) is 6.00. The van der Waals surface area contributed by atoms with Crippen LogP contribution in [0, 0.1) is 0 Å². The van der Waals surface area contributed by atoms with Gasteiger partial charge < -0.3 is 15.2 Å². The molecule has 98 valence electrons. The van der Waals surface area contributed by atoms with E-state index in [4.69, 9.17) is 15.2 Å². The molecule has 1 amide bonds. The van der Waals surface area contributed by atoms with E-state index in [1.165, 1.54) is 0 Å². The third kappa shape index (κ3) is 2.55. The Bertz CT molecular complexity index is 298. The molecule has 0 bridgehead atoms. The summed E-state index contributed by atoms with van der Waals surface area (Å²) in [6.07, 6.45) is 1.83. The lowest BCUT2D eigenvalue weighted by Crippen LogP contribution is -2.68. The van der Waals surface area contributed by atoms with Crippen molar-refractivity contribution in [2.24, 2.45) is 5.73 Å². The van der Waals surface area contributed by atoms with Crippen LogP contribution in [0.2, 0.25) is 0 Å². The van der Waals surface area contributed by atoms with Crippen LogP contribution < -0.4 is 5.73 Å². The molecule has 0 atom stereocenters. The summed E-state index contributed by atoms with van der Waals surface area (Å²) >= 11 is 0. The van der Waals surface area contributed by atoms with Crippen molar-refractivity contribution in [1.29, 1.82) is 0 Å². The van der Waals surface area contributed by atoms with Gasteiger partial charge in [0.15, 0.2) is 0 Å². The molecule has 1 aliphatic heterocycles.